The lowest BCUT2D eigenvalue weighted by Crippen LogP contribution is -2.13. The molecule has 96 valence electrons. The lowest BCUT2D eigenvalue weighted by Gasteiger charge is -2.15. The maximum Gasteiger partial charge on any atom is 0.138 e. The van der Waals surface area contributed by atoms with Gasteiger partial charge in [0.1, 0.15) is 12.2 Å². The molecule has 1 aromatic heterocycles. The van der Waals surface area contributed by atoms with Crippen molar-refractivity contribution >= 4 is 5.69 Å². The van der Waals surface area contributed by atoms with Crippen molar-refractivity contribution in [1.29, 1.82) is 0 Å². The fourth-order valence-corrected chi connectivity index (χ4v) is 1.95. The summed E-state index contributed by atoms with van der Waals surface area (Å²) < 4.78 is 1.81. The molecule has 2 rings (SSSR count). The first-order valence-corrected chi connectivity index (χ1v) is 6.00. The Morgan fingerprint density at radius 2 is 2.06 bits per heavy atom. The predicted octanol–water partition coefficient (Wildman–Crippen LogP) is 1.72. The van der Waals surface area contributed by atoms with Crippen LogP contribution in [0.3, 0.4) is 0 Å². The highest BCUT2D eigenvalue weighted by molar-refractivity contribution is 5.47. The van der Waals surface area contributed by atoms with E-state index in [4.69, 9.17) is 5.73 Å². The first-order valence-electron chi connectivity index (χ1n) is 6.00. The summed E-state index contributed by atoms with van der Waals surface area (Å²) in [6, 6.07) is 7.55. The van der Waals surface area contributed by atoms with E-state index in [9.17, 15) is 5.11 Å². The predicted molar refractivity (Wildman–Crippen MR) is 69.9 cm³/mol. The Hall–Kier alpha value is -1.88. The third kappa shape index (κ3) is 2.51. The van der Waals surface area contributed by atoms with Crippen molar-refractivity contribution in [3.8, 4) is 0 Å². The molecule has 0 saturated heterocycles. The smallest absolute Gasteiger partial charge is 0.138 e. The maximum absolute atomic E-state index is 10.2. The first kappa shape index (κ1) is 12.6. The largest absolute Gasteiger partial charge is 0.398 e. The Morgan fingerprint density at radius 1 is 1.33 bits per heavy atom. The molecule has 0 aliphatic carbocycles. The zero-order chi connectivity index (χ0) is 13.1. The van der Waals surface area contributed by atoms with E-state index in [0.717, 1.165) is 11.4 Å². The molecule has 1 heterocycles. The summed E-state index contributed by atoms with van der Waals surface area (Å²) in [5.74, 6) is 0.765. The second-order valence-corrected chi connectivity index (χ2v) is 4.56. The van der Waals surface area contributed by atoms with E-state index in [1.54, 1.807) is 6.07 Å². The second-order valence-electron chi connectivity index (χ2n) is 4.56. The van der Waals surface area contributed by atoms with Gasteiger partial charge in [0.05, 0.1) is 6.10 Å². The molecule has 0 fully saturated rings. The number of nitrogen functional groups attached to an aromatic ring is 1. The molecule has 5 heteroatoms. The number of hydrogen-bond acceptors (Lipinski definition) is 4. The molecule has 0 spiro atoms. The minimum absolute atomic E-state index is 0.225. The second kappa shape index (κ2) is 5.18. The van der Waals surface area contributed by atoms with Crippen LogP contribution in [0.2, 0.25) is 0 Å². The molecule has 0 radical (unpaired) electrons. The van der Waals surface area contributed by atoms with Crippen molar-refractivity contribution in [2.45, 2.75) is 32.4 Å². The van der Waals surface area contributed by atoms with Gasteiger partial charge in [0.25, 0.3) is 0 Å². The molecule has 0 bridgehead atoms. The van der Waals surface area contributed by atoms with Crippen molar-refractivity contribution in [3.63, 3.8) is 0 Å². The summed E-state index contributed by atoms with van der Waals surface area (Å²) in [4.78, 5) is 4.18. The number of aliphatic hydroxyl groups is 1. The van der Waals surface area contributed by atoms with E-state index < -0.39 is 6.10 Å². The molecule has 0 aliphatic rings. The van der Waals surface area contributed by atoms with Crippen molar-refractivity contribution in [1.82, 2.24) is 14.8 Å². The topological polar surface area (TPSA) is 77.0 Å². The van der Waals surface area contributed by atoms with Gasteiger partial charge in [-0.3, -0.25) is 0 Å². The van der Waals surface area contributed by atoms with E-state index in [-0.39, 0.29) is 6.04 Å². The SMILES string of the molecule is CC(C)n1ncnc1CC(O)c1ccccc1N. The van der Waals surface area contributed by atoms with Gasteiger partial charge in [-0.25, -0.2) is 9.67 Å². The number of benzene rings is 1. The molecule has 3 N–H and O–H groups in total. The number of aromatic nitrogens is 3. The van der Waals surface area contributed by atoms with Crippen molar-refractivity contribution < 1.29 is 5.11 Å². The average Bonchev–Trinajstić information content (AvgIpc) is 2.77. The fourth-order valence-electron chi connectivity index (χ4n) is 1.95. The summed E-state index contributed by atoms with van der Waals surface area (Å²) in [6.07, 6.45) is 1.26. The summed E-state index contributed by atoms with van der Waals surface area (Å²) in [5, 5.41) is 14.4. The minimum atomic E-state index is -0.659. The van der Waals surface area contributed by atoms with Crippen molar-refractivity contribution in [2.75, 3.05) is 5.73 Å². The minimum Gasteiger partial charge on any atom is -0.398 e. The fraction of sp³-hybridized carbons (Fsp3) is 0.385. The van der Waals surface area contributed by atoms with Crippen LogP contribution in [-0.4, -0.2) is 19.9 Å². The van der Waals surface area contributed by atoms with Crippen LogP contribution >= 0.6 is 0 Å². The number of nitrogens with two attached hydrogens (primary N) is 1. The Labute approximate surface area is 106 Å². The molecule has 2 aromatic rings. The van der Waals surface area contributed by atoms with E-state index >= 15 is 0 Å². The van der Waals surface area contributed by atoms with Gasteiger partial charge >= 0.3 is 0 Å². The van der Waals surface area contributed by atoms with Crippen LogP contribution < -0.4 is 5.73 Å². The molecular weight excluding hydrogens is 228 g/mol. The van der Waals surface area contributed by atoms with E-state index in [2.05, 4.69) is 10.1 Å². The van der Waals surface area contributed by atoms with Gasteiger partial charge in [0, 0.05) is 23.7 Å². The van der Waals surface area contributed by atoms with Crippen LogP contribution in [0.1, 0.15) is 37.4 Å². The Bertz CT molecular complexity index is 521. The molecule has 1 unspecified atom stereocenters. The van der Waals surface area contributed by atoms with E-state index in [1.807, 2.05) is 36.7 Å². The van der Waals surface area contributed by atoms with Gasteiger partial charge in [-0.2, -0.15) is 5.10 Å². The highest BCUT2D eigenvalue weighted by Crippen LogP contribution is 2.23. The maximum atomic E-state index is 10.2. The Kier molecular flexibility index (Phi) is 3.62. The van der Waals surface area contributed by atoms with Gasteiger partial charge in [0.15, 0.2) is 0 Å². The molecule has 0 amide bonds. The van der Waals surface area contributed by atoms with Crippen molar-refractivity contribution in [3.05, 3.63) is 42.0 Å². The van der Waals surface area contributed by atoms with Crippen LogP contribution in [0.4, 0.5) is 5.69 Å². The first-order chi connectivity index (χ1) is 8.59. The van der Waals surface area contributed by atoms with Gasteiger partial charge < -0.3 is 10.8 Å². The van der Waals surface area contributed by atoms with E-state index in [0.29, 0.717) is 12.1 Å². The Morgan fingerprint density at radius 3 is 2.72 bits per heavy atom. The number of aliphatic hydroxyl groups excluding tert-OH is 1. The summed E-state index contributed by atoms with van der Waals surface area (Å²) in [5.41, 5.74) is 7.18. The molecular formula is C13H18N4O. The number of nitrogens with zero attached hydrogens (tertiary/aromatic N) is 3. The van der Waals surface area contributed by atoms with Crippen LogP contribution in [0.15, 0.2) is 30.6 Å². The lowest BCUT2D eigenvalue weighted by atomic mass is 10.0. The molecule has 0 saturated carbocycles. The molecule has 18 heavy (non-hydrogen) atoms. The van der Waals surface area contributed by atoms with Crippen LogP contribution in [-0.2, 0) is 6.42 Å². The number of anilines is 1. The lowest BCUT2D eigenvalue weighted by molar-refractivity contribution is 0.174. The summed E-state index contributed by atoms with van der Waals surface area (Å²) in [7, 11) is 0. The van der Waals surface area contributed by atoms with Gasteiger partial charge in [0.2, 0.25) is 0 Å². The quantitative estimate of drug-likeness (QED) is 0.805. The number of para-hydroxylation sites is 1. The van der Waals surface area contributed by atoms with Crippen LogP contribution in [0.5, 0.6) is 0 Å². The van der Waals surface area contributed by atoms with Crippen LogP contribution in [0, 0.1) is 0 Å². The summed E-state index contributed by atoms with van der Waals surface area (Å²) in [6.45, 7) is 4.06. The molecule has 0 aliphatic heterocycles. The highest BCUT2D eigenvalue weighted by atomic mass is 16.3. The van der Waals surface area contributed by atoms with Gasteiger partial charge in [-0.15, -0.1) is 0 Å². The highest BCUT2D eigenvalue weighted by Gasteiger charge is 2.16. The molecule has 1 aromatic carbocycles. The number of hydrogen-bond donors (Lipinski definition) is 2. The monoisotopic (exact) mass is 246 g/mol. The molecule has 1 atom stereocenters. The van der Waals surface area contributed by atoms with E-state index in [1.165, 1.54) is 6.33 Å². The molecule has 5 nitrogen and oxygen atoms in total. The summed E-state index contributed by atoms with van der Waals surface area (Å²) >= 11 is 0. The zero-order valence-corrected chi connectivity index (χ0v) is 10.6. The van der Waals surface area contributed by atoms with Crippen LogP contribution in [0.25, 0.3) is 0 Å². The number of rotatable bonds is 4. The van der Waals surface area contributed by atoms with Crippen molar-refractivity contribution in [2.24, 2.45) is 0 Å². The van der Waals surface area contributed by atoms with Gasteiger partial charge in [-0.05, 0) is 19.9 Å². The third-order valence-electron chi connectivity index (χ3n) is 2.87. The normalized spacial score (nSPS) is 12.9. The third-order valence-corrected chi connectivity index (χ3v) is 2.87. The zero-order valence-electron chi connectivity index (χ0n) is 10.6. The average molecular weight is 246 g/mol. The Balaban J connectivity index is 2.19. The van der Waals surface area contributed by atoms with Gasteiger partial charge in [-0.1, -0.05) is 18.2 Å². The standard InChI is InChI=1S/C13H18N4O/c1-9(2)17-13(15-8-16-17)7-12(18)10-5-3-4-6-11(10)14/h3-6,8-9,12,18H,7,14H2,1-2H3.